The van der Waals surface area contributed by atoms with Gasteiger partial charge in [0.15, 0.2) is 5.82 Å². The lowest BCUT2D eigenvalue weighted by atomic mass is 9.72. The fraction of sp³-hybridized carbons (Fsp3) is 0.550. The molecule has 1 aliphatic carbocycles. The van der Waals surface area contributed by atoms with Gasteiger partial charge in [-0.2, -0.15) is 4.98 Å². The monoisotopic (exact) mass is 353 g/mol. The molecule has 3 fully saturated rings. The summed E-state index contributed by atoms with van der Waals surface area (Å²) in [6.07, 6.45) is 3.80. The molecule has 1 aromatic carbocycles. The average molecular weight is 353 g/mol. The van der Waals surface area contributed by atoms with Crippen LogP contribution in [0.4, 0.5) is 0 Å². The molecule has 1 saturated carbocycles. The van der Waals surface area contributed by atoms with E-state index in [1.165, 1.54) is 0 Å². The van der Waals surface area contributed by atoms with Gasteiger partial charge in [0, 0.05) is 32.2 Å². The van der Waals surface area contributed by atoms with E-state index in [1.807, 2.05) is 23.1 Å². The van der Waals surface area contributed by atoms with Gasteiger partial charge in [-0.25, -0.2) is 0 Å². The van der Waals surface area contributed by atoms with Crippen molar-refractivity contribution in [3.8, 4) is 0 Å². The van der Waals surface area contributed by atoms with E-state index in [2.05, 4.69) is 22.3 Å². The van der Waals surface area contributed by atoms with Crippen LogP contribution in [0.1, 0.15) is 54.8 Å². The van der Waals surface area contributed by atoms with E-state index in [9.17, 15) is 4.79 Å². The normalized spacial score (nSPS) is 22.8. The molecule has 0 spiro atoms. The maximum absolute atomic E-state index is 13.4. The van der Waals surface area contributed by atoms with Crippen LogP contribution in [0.3, 0.4) is 0 Å². The van der Waals surface area contributed by atoms with Gasteiger partial charge in [0.2, 0.25) is 11.8 Å². The number of benzene rings is 1. The Bertz CT molecular complexity index is 788. The van der Waals surface area contributed by atoms with Crippen molar-refractivity contribution in [1.82, 2.24) is 15.0 Å². The fourth-order valence-electron chi connectivity index (χ4n) is 4.13. The van der Waals surface area contributed by atoms with Crippen LogP contribution in [0.15, 0.2) is 34.9 Å². The van der Waals surface area contributed by atoms with E-state index in [0.29, 0.717) is 38.1 Å². The van der Waals surface area contributed by atoms with Crippen LogP contribution in [0.2, 0.25) is 0 Å². The first-order valence-corrected chi connectivity index (χ1v) is 9.52. The minimum absolute atomic E-state index is 0.173. The van der Waals surface area contributed by atoms with Crippen LogP contribution in [-0.2, 0) is 14.9 Å². The molecule has 1 aromatic heterocycles. The zero-order valence-electron chi connectivity index (χ0n) is 14.8. The number of likely N-dealkylation sites (tertiary alicyclic amines) is 1. The second-order valence-corrected chi connectivity index (χ2v) is 7.73. The number of rotatable bonds is 4. The Morgan fingerprint density at radius 3 is 2.50 bits per heavy atom. The molecular formula is C20H23N3O3. The first-order valence-electron chi connectivity index (χ1n) is 9.52. The maximum atomic E-state index is 13.4. The number of amides is 1. The largest absolute Gasteiger partial charge is 0.381 e. The van der Waals surface area contributed by atoms with Crippen LogP contribution < -0.4 is 0 Å². The molecule has 0 N–H and O–H groups in total. The van der Waals surface area contributed by atoms with E-state index in [4.69, 9.17) is 9.26 Å². The van der Waals surface area contributed by atoms with E-state index in [1.54, 1.807) is 0 Å². The van der Waals surface area contributed by atoms with E-state index < -0.39 is 5.41 Å². The van der Waals surface area contributed by atoms with Gasteiger partial charge >= 0.3 is 0 Å². The molecule has 6 nitrogen and oxygen atoms in total. The maximum Gasteiger partial charge on any atom is 0.233 e. The van der Waals surface area contributed by atoms with Gasteiger partial charge in [-0.1, -0.05) is 35.5 Å². The minimum Gasteiger partial charge on any atom is -0.381 e. The Labute approximate surface area is 152 Å². The Hall–Kier alpha value is -2.21. The highest BCUT2D eigenvalue weighted by molar-refractivity contribution is 5.89. The lowest BCUT2D eigenvalue weighted by molar-refractivity contribution is -0.146. The second-order valence-electron chi connectivity index (χ2n) is 7.73. The molecule has 5 rings (SSSR count). The summed E-state index contributed by atoms with van der Waals surface area (Å²) in [6.45, 7) is 2.60. The van der Waals surface area contributed by atoms with E-state index in [0.717, 1.165) is 37.1 Å². The van der Waals surface area contributed by atoms with Gasteiger partial charge in [0.25, 0.3) is 0 Å². The van der Waals surface area contributed by atoms with Crippen molar-refractivity contribution in [2.24, 2.45) is 0 Å². The molecule has 6 heteroatoms. The summed E-state index contributed by atoms with van der Waals surface area (Å²) in [4.78, 5) is 19.9. The third-order valence-electron chi connectivity index (χ3n) is 6.00. The highest BCUT2D eigenvalue weighted by atomic mass is 16.5. The number of ether oxygens (including phenoxy) is 1. The number of hydrogen-bond acceptors (Lipinski definition) is 5. The summed E-state index contributed by atoms with van der Waals surface area (Å²) in [5.74, 6) is 2.41. The highest BCUT2D eigenvalue weighted by Crippen LogP contribution is 2.41. The van der Waals surface area contributed by atoms with Gasteiger partial charge in [0.05, 0.1) is 11.3 Å². The first-order chi connectivity index (χ1) is 12.8. The molecule has 0 atom stereocenters. The van der Waals surface area contributed by atoms with Crippen molar-refractivity contribution < 1.29 is 14.1 Å². The van der Waals surface area contributed by atoms with Gasteiger partial charge in [-0.3, -0.25) is 4.79 Å². The topological polar surface area (TPSA) is 68.5 Å². The Balaban J connectivity index is 1.32. The first kappa shape index (κ1) is 16.0. The van der Waals surface area contributed by atoms with Crippen molar-refractivity contribution in [2.75, 3.05) is 26.3 Å². The van der Waals surface area contributed by atoms with Gasteiger partial charge in [-0.05, 0) is 31.2 Å². The van der Waals surface area contributed by atoms with Crippen LogP contribution in [0, 0.1) is 0 Å². The molecule has 2 aromatic rings. The Morgan fingerprint density at radius 1 is 1.08 bits per heavy atom. The van der Waals surface area contributed by atoms with Gasteiger partial charge in [0.1, 0.15) is 0 Å². The Morgan fingerprint density at radius 2 is 1.81 bits per heavy atom. The molecule has 0 radical (unpaired) electrons. The summed E-state index contributed by atoms with van der Waals surface area (Å²) in [5, 5.41) is 4.10. The molecular weight excluding hydrogens is 330 g/mol. The third kappa shape index (κ3) is 2.63. The van der Waals surface area contributed by atoms with Crippen molar-refractivity contribution in [1.29, 1.82) is 0 Å². The molecule has 136 valence electrons. The fourth-order valence-corrected chi connectivity index (χ4v) is 4.13. The van der Waals surface area contributed by atoms with Crippen LogP contribution in [0.25, 0.3) is 0 Å². The van der Waals surface area contributed by atoms with Crippen molar-refractivity contribution in [3.63, 3.8) is 0 Å². The quantitative estimate of drug-likeness (QED) is 0.845. The summed E-state index contributed by atoms with van der Waals surface area (Å²) in [7, 11) is 0. The summed E-state index contributed by atoms with van der Waals surface area (Å²) in [5.41, 5.74) is 0.643. The number of nitrogens with zero attached hydrogens (tertiary/aromatic N) is 3. The second kappa shape index (κ2) is 6.20. The summed E-state index contributed by atoms with van der Waals surface area (Å²) < 4.78 is 11.0. The molecule has 2 aliphatic heterocycles. The highest BCUT2D eigenvalue weighted by Gasteiger charge is 2.48. The zero-order valence-corrected chi connectivity index (χ0v) is 14.8. The standard InChI is InChI=1S/C20H23N3O3/c24-19(20(8-10-25-11-9-20)16-4-2-1-3-5-16)23-12-15(13-23)18-21-17(22-26-18)14-6-7-14/h1-5,14-15H,6-13H2. The smallest absolute Gasteiger partial charge is 0.233 e. The predicted octanol–water partition coefficient (Wildman–Crippen LogP) is 2.62. The van der Waals surface area contributed by atoms with Crippen molar-refractivity contribution >= 4 is 5.91 Å². The van der Waals surface area contributed by atoms with E-state index in [-0.39, 0.29) is 11.8 Å². The number of carbonyl (C=O) groups is 1. The number of carbonyl (C=O) groups excluding carboxylic acids is 1. The van der Waals surface area contributed by atoms with Crippen molar-refractivity contribution in [3.05, 3.63) is 47.6 Å². The molecule has 3 heterocycles. The molecule has 1 amide bonds. The van der Waals surface area contributed by atoms with E-state index >= 15 is 0 Å². The lowest BCUT2D eigenvalue weighted by Crippen LogP contribution is -2.57. The van der Waals surface area contributed by atoms with Gasteiger partial charge in [-0.15, -0.1) is 0 Å². The Kier molecular flexibility index (Phi) is 3.81. The molecule has 3 aliphatic rings. The SMILES string of the molecule is O=C(N1CC(c2nc(C3CC3)no2)C1)C1(c2ccccc2)CCOCC1. The zero-order chi connectivity index (χ0) is 17.6. The van der Waals surface area contributed by atoms with Crippen LogP contribution in [-0.4, -0.2) is 47.3 Å². The molecule has 2 saturated heterocycles. The van der Waals surface area contributed by atoms with Crippen LogP contribution >= 0.6 is 0 Å². The van der Waals surface area contributed by atoms with Crippen molar-refractivity contribution in [2.45, 2.75) is 42.9 Å². The molecule has 26 heavy (non-hydrogen) atoms. The number of hydrogen-bond donors (Lipinski definition) is 0. The predicted molar refractivity (Wildman–Crippen MR) is 93.8 cm³/mol. The molecule has 0 unspecified atom stereocenters. The summed E-state index contributed by atoms with van der Waals surface area (Å²) >= 11 is 0. The van der Waals surface area contributed by atoms with Crippen LogP contribution in [0.5, 0.6) is 0 Å². The van der Waals surface area contributed by atoms with Gasteiger partial charge < -0.3 is 14.2 Å². The minimum atomic E-state index is -0.460. The summed E-state index contributed by atoms with van der Waals surface area (Å²) in [6, 6.07) is 10.2. The molecule has 0 bridgehead atoms. The number of aromatic nitrogens is 2. The average Bonchev–Trinajstić information content (AvgIpc) is 3.40. The lowest BCUT2D eigenvalue weighted by Gasteiger charge is -2.45. The third-order valence-corrected chi connectivity index (χ3v) is 6.00.